The number of hydrogen-bond donors (Lipinski definition) is 0. The monoisotopic (exact) mass is 366 g/mol. The Labute approximate surface area is 158 Å². The summed E-state index contributed by atoms with van der Waals surface area (Å²) in [6, 6.07) is 17.5. The summed E-state index contributed by atoms with van der Waals surface area (Å²) in [6.07, 6.45) is 0.244. The van der Waals surface area contributed by atoms with Gasteiger partial charge in [0.15, 0.2) is 5.41 Å². The van der Waals surface area contributed by atoms with Crippen LogP contribution in [0.4, 0.5) is 4.79 Å². The van der Waals surface area contributed by atoms with E-state index in [9.17, 15) is 14.4 Å². The van der Waals surface area contributed by atoms with Gasteiger partial charge in [-0.05, 0) is 17.5 Å². The smallest absolute Gasteiger partial charge is 0.335 e. The highest BCUT2D eigenvalue weighted by Gasteiger charge is 2.57. The number of ether oxygens (including phenoxy) is 1. The van der Waals surface area contributed by atoms with Gasteiger partial charge in [-0.1, -0.05) is 67.6 Å². The molecule has 0 radical (unpaired) electrons. The first-order chi connectivity index (χ1) is 13.1. The molecule has 1 heterocycles. The summed E-state index contributed by atoms with van der Waals surface area (Å²) >= 11 is 0. The van der Waals surface area contributed by atoms with Crippen LogP contribution in [-0.4, -0.2) is 41.5 Å². The van der Waals surface area contributed by atoms with Crippen molar-refractivity contribution in [1.82, 2.24) is 9.80 Å². The van der Waals surface area contributed by atoms with Crippen LogP contribution in [-0.2, 0) is 26.3 Å². The van der Waals surface area contributed by atoms with E-state index in [1.807, 2.05) is 36.4 Å². The lowest BCUT2D eigenvalue weighted by Crippen LogP contribution is -2.67. The molecule has 1 aliphatic heterocycles. The van der Waals surface area contributed by atoms with Gasteiger partial charge in [-0.3, -0.25) is 14.5 Å². The molecule has 2 aromatic rings. The molecule has 0 unspecified atom stereocenters. The van der Waals surface area contributed by atoms with E-state index in [0.29, 0.717) is 5.56 Å². The van der Waals surface area contributed by atoms with Crippen LogP contribution in [0.3, 0.4) is 0 Å². The Bertz CT molecular complexity index is 838. The summed E-state index contributed by atoms with van der Waals surface area (Å²) in [5.41, 5.74) is -0.0548. The maximum Gasteiger partial charge on any atom is 0.335 e. The zero-order valence-electron chi connectivity index (χ0n) is 15.4. The maximum absolute atomic E-state index is 13.5. The average Bonchev–Trinajstić information content (AvgIpc) is 2.71. The topological polar surface area (TPSA) is 66.9 Å². The number of rotatable bonds is 6. The second-order valence-corrected chi connectivity index (χ2v) is 6.44. The van der Waals surface area contributed by atoms with Crippen LogP contribution >= 0.6 is 0 Å². The molecule has 6 heteroatoms. The number of methoxy groups -OCH3 is 1. The molecule has 4 amide bonds. The van der Waals surface area contributed by atoms with Gasteiger partial charge in [-0.25, -0.2) is 9.69 Å². The van der Waals surface area contributed by atoms with Crippen molar-refractivity contribution >= 4 is 17.8 Å². The van der Waals surface area contributed by atoms with Crippen LogP contribution < -0.4 is 0 Å². The number of benzene rings is 2. The molecular weight excluding hydrogens is 344 g/mol. The van der Waals surface area contributed by atoms with Crippen molar-refractivity contribution in [1.29, 1.82) is 0 Å². The Morgan fingerprint density at radius 3 is 1.96 bits per heavy atom. The Balaban J connectivity index is 2.10. The lowest BCUT2D eigenvalue weighted by atomic mass is 9.74. The van der Waals surface area contributed by atoms with Crippen LogP contribution in [0.1, 0.15) is 24.5 Å². The van der Waals surface area contributed by atoms with Crippen molar-refractivity contribution < 1.29 is 19.1 Å². The Hall–Kier alpha value is -2.99. The number of carbonyl (C=O) groups excluding carboxylic acids is 3. The number of barbiturate groups is 1. The van der Waals surface area contributed by atoms with Crippen LogP contribution in [0, 0.1) is 0 Å². The van der Waals surface area contributed by atoms with E-state index in [1.165, 1.54) is 7.11 Å². The van der Waals surface area contributed by atoms with Gasteiger partial charge in [0.25, 0.3) is 11.8 Å². The molecular formula is C21H22N2O4. The number of nitrogens with zero attached hydrogens (tertiary/aromatic N) is 2. The molecule has 0 aliphatic carbocycles. The maximum atomic E-state index is 13.5. The SMILES string of the molecule is CC[C@@]1(c2ccccc2)C(=O)N(COC)C(=O)N(Cc2ccccc2)C1=O. The Morgan fingerprint density at radius 2 is 1.41 bits per heavy atom. The normalized spacial score (nSPS) is 20.3. The molecule has 1 atom stereocenters. The fourth-order valence-electron chi connectivity index (χ4n) is 3.50. The van der Waals surface area contributed by atoms with E-state index in [2.05, 4.69) is 0 Å². The van der Waals surface area contributed by atoms with Crippen LogP contribution in [0.25, 0.3) is 0 Å². The first-order valence-electron chi connectivity index (χ1n) is 8.82. The zero-order valence-corrected chi connectivity index (χ0v) is 15.4. The molecule has 0 saturated carbocycles. The van der Waals surface area contributed by atoms with E-state index in [-0.39, 0.29) is 19.7 Å². The van der Waals surface area contributed by atoms with Gasteiger partial charge in [-0.2, -0.15) is 0 Å². The predicted molar refractivity (Wildman–Crippen MR) is 99.5 cm³/mol. The molecule has 3 rings (SSSR count). The molecule has 0 bridgehead atoms. The Morgan fingerprint density at radius 1 is 0.852 bits per heavy atom. The highest BCUT2D eigenvalue weighted by Crippen LogP contribution is 2.37. The molecule has 6 nitrogen and oxygen atoms in total. The lowest BCUT2D eigenvalue weighted by Gasteiger charge is -2.43. The predicted octanol–water partition coefficient (Wildman–Crippen LogP) is 2.93. The lowest BCUT2D eigenvalue weighted by molar-refractivity contribution is -0.155. The van der Waals surface area contributed by atoms with Gasteiger partial charge in [0, 0.05) is 7.11 Å². The highest BCUT2D eigenvalue weighted by molar-refractivity contribution is 6.22. The number of hydrogen-bond acceptors (Lipinski definition) is 4. The number of amides is 4. The second kappa shape index (κ2) is 7.72. The van der Waals surface area contributed by atoms with Gasteiger partial charge < -0.3 is 4.74 Å². The number of urea groups is 1. The minimum atomic E-state index is -1.44. The molecule has 0 spiro atoms. The van der Waals surface area contributed by atoms with Crippen molar-refractivity contribution in [2.45, 2.75) is 25.3 Å². The molecule has 2 aromatic carbocycles. The fourth-order valence-corrected chi connectivity index (χ4v) is 3.50. The van der Waals surface area contributed by atoms with Gasteiger partial charge in [0.1, 0.15) is 6.73 Å². The number of carbonyl (C=O) groups is 3. The van der Waals surface area contributed by atoms with Crippen molar-refractivity contribution in [2.24, 2.45) is 0 Å². The third kappa shape index (κ3) is 3.13. The molecule has 1 aliphatic rings. The third-order valence-electron chi connectivity index (χ3n) is 4.92. The molecule has 0 aromatic heterocycles. The van der Waals surface area contributed by atoms with Gasteiger partial charge in [-0.15, -0.1) is 0 Å². The van der Waals surface area contributed by atoms with Crippen molar-refractivity contribution in [2.75, 3.05) is 13.8 Å². The summed E-state index contributed by atoms with van der Waals surface area (Å²) in [7, 11) is 1.41. The first-order valence-corrected chi connectivity index (χ1v) is 8.82. The van der Waals surface area contributed by atoms with E-state index < -0.39 is 23.3 Å². The van der Waals surface area contributed by atoms with Crippen molar-refractivity contribution in [3.8, 4) is 0 Å². The van der Waals surface area contributed by atoms with E-state index in [0.717, 1.165) is 15.4 Å². The standard InChI is InChI=1S/C21H22N2O4/c1-3-21(17-12-8-5-9-13-17)18(24)22(14-16-10-6-4-7-11-16)20(26)23(15-27-2)19(21)25/h4-13H,3,14-15H2,1-2H3/t21-/m0/s1. The summed E-state index contributed by atoms with van der Waals surface area (Å²) in [5, 5.41) is 0. The summed E-state index contributed by atoms with van der Waals surface area (Å²) in [4.78, 5) is 41.8. The summed E-state index contributed by atoms with van der Waals surface area (Å²) in [5.74, 6) is -1.04. The summed E-state index contributed by atoms with van der Waals surface area (Å²) < 4.78 is 5.08. The quantitative estimate of drug-likeness (QED) is 0.737. The minimum Gasteiger partial charge on any atom is -0.364 e. The minimum absolute atomic E-state index is 0.0978. The fraction of sp³-hybridized carbons (Fsp3) is 0.286. The van der Waals surface area contributed by atoms with E-state index in [1.54, 1.807) is 31.2 Å². The summed E-state index contributed by atoms with van der Waals surface area (Å²) in [6.45, 7) is 1.68. The molecule has 27 heavy (non-hydrogen) atoms. The molecule has 1 fully saturated rings. The van der Waals surface area contributed by atoms with Gasteiger partial charge in [0.05, 0.1) is 6.54 Å². The van der Waals surface area contributed by atoms with Crippen molar-refractivity contribution in [3.63, 3.8) is 0 Å². The van der Waals surface area contributed by atoms with E-state index in [4.69, 9.17) is 4.74 Å². The number of imide groups is 2. The largest absolute Gasteiger partial charge is 0.364 e. The molecule has 0 N–H and O–H groups in total. The first kappa shape index (κ1) is 18.8. The van der Waals surface area contributed by atoms with Crippen LogP contribution in [0.5, 0.6) is 0 Å². The average molecular weight is 366 g/mol. The third-order valence-corrected chi connectivity index (χ3v) is 4.92. The Kier molecular flexibility index (Phi) is 5.37. The van der Waals surface area contributed by atoms with Crippen LogP contribution in [0.2, 0.25) is 0 Å². The van der Waals surface area contributed by atoms with Gasteiger partial charge >= 0.3 is 6.03 Å². The van der Waals surface area contributed by atoms with E-state index >= 15 is 0 Å². The van der Waals surface area contributed by atoms with Gasteiger partial charge in [0.2, 0.25) is 0 Å². The van der Waals surface area contributed by atoms with Crippen molar-refractivity contribution in [3.05, 3.63) is 71.8 Å². The zero-order chi connectivity index (χ0) is 19.4. The highest BCUT2D eigenvalue weighted by atomic mass is 16.5. The molecule has 140 valence electrons. The van der Waals surface area contributed by atoms with Crippen LogP contribution in [0.15, 0.2) is 60.7 Å². The molecule has 1 saturated heterocycles. The second-order valence-electron chi connectivity index (χ2n) is 6.44.